The van der Waals surface area contributed by atoms with Gasteiger partial charge in [-0.25, -0.2) is 4.39 Å². The van der Waals surface area contributed by atoms with Crippen molar-refractivity contribution in [2.45, 2.75) is 5.79 Å². The normalized spacial score (nSPS) is 11.3. The molecule has 0 atom stereocenters. The number of hydrogen-bond acceptors (Lipinski definition) is 3. The number of para-hydroxylation sites is 1. The number of halogens is 1. The lowest BCUT2D eigenvalue weighted by atomic mass is 10.0. The molecule has 0 unspecified atom stereocenters. The molecule has 0 spiro atoms. The molecule has 116 valence electrons. The molecule has 0 aromatic heterocycles. The van der Waals surface area contributed by atoms with Gasteiger partial charge in [0.1, 0.15) is 5.82 Å². The predicted molar refractivity (Wildman–Crippen MR) is 81.9 cm³/mol. The number of hydrogen-bond donors (Lipinski definition) is 0. The van der Waals surface area contributed by atoms with Crippen molar-refractivity contribution < 1.29 is 18.7 Å². The van der Waals surface area contributed by atoms with Gasteiger partial charge in [-0.2, -0.15) is 0 Å². The van der Waals surface area contributed by atoms with Crippen molar-refractivity contribution in [3.63, 3.8) is 0 Å². The first kappa shape index (κ1) is 16.1. The summed E-state index contributed by atoms with van der Waals surface area (Å²) in [7, 11) is 4.39. The summed E-state index contributed by atoms with van der Waals surface area (Å²) < 4.78 is 23.9. The van der Waals surface area contributed by atoms with Crippen LogP contribution in [0.3, 0.4) is 0 Å². The fraction of sp³-hybridized carbons (Fsp3) is 0.235. The molecule has 4 nitrogen and oxygen atoms in total. The van der Waals surface area contributed by atoms with Crippen LogP contribution in [0.15, 0.2) is 54.6 Å². The van der Waals surface area contributed by atoms with E-state index >= 15 is 0 Å². The Hall–Kier alpha value is -2.24. The molecule has 2 rings (SSSR count). The van der Waals surface area contributed by atoms with Crippen LogP contribution < -0.4 is 4.90 Å². The standard InChI is InChI=1S/C17H18FNO3/c1-19(15-7-5-4-6-8-15)16(20)17(21-2,22-3)13-9-11-14(18)12-10-13/h4-12H,1-3H3. The van der Waals surface area contributed by atoms with Gasteiger partial charge in [-0.3, -0.25) is 4.79 Å². The zero-order chi connectivity index (χ0) is 16.2. The van der Waals surface area contributed by atoms with Crippen LogP contribution in [0.1, 0.15) is 5.56 Å². The van der Waals surface area contributed by atoms with E-state index in [1.54, 1.807) is 19.2 Å². The molecule has 0 N–H and O–H groups in total. The number of carbonyl (C=O) groups excluding carboxylic acids is 1. The Kier molecular flexibility index (Phi) is 4.90. The molecule has 0 bridgehead atoms. The third kappa shape index (κ3) is 2.86. The van der Waals surface area contributed by atoms with Crippen molar-refractivity contribution in [1.82, 2.24) is 0 Å². The number of rotatable bonds is 5. The Labute approximate surface area is 129 Å². The van der Waals surface area contributed by atoms with E-state index in [4.69, 9.17) is 9.47 Å². The molecular weight excluding hydrogens is 285 g/mol. The molecule has 0 fully saturated rings. The van der Waals surface area contributed by atoms with Crippen molar-refractivity contribution >= 4 is 11.6 Å². The summed E-state index contributed by atoms with van der Waals surface area (Å²) in [6.07, 6.45) is 0. The highest BCUT2D eigenvalue weighted by molar-refractivity contribution is 5.98. The highest BCUT2D eigenvalue weighted by atomic mass is 19.1. The number of likely N-dealkylation sites (N-methyl/N-ethyl adjacent to an activating group) is 1. The molecule has 0 aliphatic rings. The lowest BCUT2D eigenvalue weighted by Gasteiger charge is -2.33. The summed E-state index contributed by atoms with van der Waals surface area (Å²) in [6.45, 7) is 0. The van der Waals surface area contributed by atoms with E-state index in [1.165, 1.54) is 43.4 Å². The van der Waals surface area contributed by atoms with Crippen molar-refractivity contribution in [1.29, 1.82) is 0 Å². The van der Waals surface area contributed by atoms with Gasteiger partial charge in [0.25, 0.3) is 11.7 Å². The molecule has 0 saturated carbocycles. The number of ether oxygens (including phenoxy) is 2. The topological polar surface area (TPSA) is 38.8 Å². The van der Waals surface area contributed by atoms with Crippen molar-refractivity contribution in [2.24, 2.45) is 0 Å². The first-order valence-corrected chi connectivity index (χ1v) is 6.74. The van der Waals surface area contributed by atoms with Gasteiger partial charge in [0, 0.05) is 32.5 Å². The minimum absolute atomic E-state index is 0.395. The third-order valence-corrected chi connectivity index (χ3v) is 3.53. The number of benzene rings is 2. The molecule has 22 heavy (non-hydrogen) atoms. The molecule has 0 saturated heterocycles. The second kappa shape index (κ2) is 6.68. The summed E-state index contributed by atoms with van der Waals surface area (Å²) in [4.78, 5) is 14.3. The van der Waals surface area contributed by atoms with Crippen LogP contribution in [0.25, 0.3) is 0 Å². The van der Waals surface area contributed by atoms with E-state index < -0.39 is 17.5 Å². The maximum absolute atomic E-state index is 13.1. The van der Waals surface area contributed by atoms with Crippen molar-refractivity contribution in [3.8, 4) is 0 Å². The average molecular weight is 303 g/mol. The lowest BCUT2D eigenvalue weighted by Crippen LogP contribution is -2.48. The molecule has 0 aliphatic heterocycles. The van der Waals surface area contributed by atoms with Crippen molar-refractivity contribution in [3.05, 3.63) is 66.0 Å². The van der Waals surface area contributed by atoms with Crippen LogP contribution >= 0.6 is 0 Å². The summed E-state index contributed by atoms with van der Waals surface area (Å²) in [5.74, 6) is -2.43. The number of nitrogens with zero attached hydrogens (tertiary/aromatic N) is 1. The first-order valence-electron chi connectivity index (χ1n) is 6.74. The number of methoxy groups -OCH3 is 2. The van der Waals surface area contributed by atoms with Crippen LogP contribution in [-0.4, -0.2) is 27.2 Å². The van der Waals surface area contributed by atoms with Gasteiger partial charge in [0.05, 0.1) is 0 Å². The van der Waals surface area contributed by atoms with Gasteiger partial charge in [0.15, 0.2) is 0 Å². The van der Waals surface area contributed by atoms with Crippen LogP contribution in [0.5, 0.6) is 0 Å². The van der Waals surface area contributed by atoms with Crippen molar-refractivity contribution in [2.75, 3.05) is 26.2 Å². The van der Waals surface area contributed by atoms with E-state index in [-0.39, 0.29) is 0 Å². The second-order valence-electron chi connectivity index (χ2n) is 4.73. The minimum atomic E-state index is -1.63. The van der Waals surface area contributed by atoms with Gasteiger partial charge in [0.2, 0.25) is 0 Å². The fourth-order valence-electron chi connectivity index (χ4n) is 2.28. The zero-order valence-electron chi connectivity index (χ0n) is 12.7. The Balaban J connectivity index is 2.42. The number of amides is 1. The predicted octanol–water partition coefficient (Wildman–Crippen LogP) is 2.93. The van der Waals surface area contributed by atoms with E-state index in [9.17, 15) is 9.18 Å². The summed E-state index contributed by atoms with van der Waals surface area (Å²) >= 11 is 0. The monoisotopic (exact) mass is 303 g/mol. The van der Waals surface area contributed by atoms with Crippen LogP contribution in [-0.2, 0) is 20.1 Å². The van der Waals surface area contributed by atoms with E-state index in [1.807, 2.05) is 18.2 Å². The second-order valence-corrected chi connectivity index (χ2v) is 4.73. The van der Waals surface area contributed by atoms with Gasteiger partial charge >= 0.3 is 0 Å². The largest absolute Gasteiger partial charge is 0.342 e. The Morgan fingerprint density at radius 3 is 2.05 bits per heavy atom. The summed E-state index contributed by atoms with van der Waals surface area (Å²) in [5, 5.41) is 0. The highest BCUT2D eigenvalue weighted by Gasteiger charge is 2.43. The van der Waals surface area contributed by atoms with Crippen LogP contribution in [0, 0.1) is 5.82 Å². The molecule has 0 radical (unpaired) electrons. The van der Waals surface area contributed by atoms with E-state index in [0.717, 1.165) is 0 Å². The maximum atomic E-state index is 13.1. The smallest absolute Gasteiger partial charge is 0.292 e. The maximum Gasteiger partial charge on any atom is 0.292 e. The lowest BCUT2D eigenvalue weighted by molar-refractivity contribution is -0.212. The molecule has 5 heteroatoms. The van der Waals surface area contributed by atoms with Gasteiger partial charge < -0.3 is 14.4 Å². The summed E-state index contributed by atoms with van der Waals surface area (Å²) in [6, 6.07) is 14.6. The fourth-order valence-corrected chi connectivity index (χ4v) is 2.28. The van der Waals surface area contributed by atoms with Gasteiger partial charge in [-0.05, 0) is 24.3 Å². The Morgan fingerprint density at radius 2 is 1.55 bits per heavy atom. The molecule has 2 aromatic rings. The average Bonchev–Trinajstić information content (AvgIpc) is 2.58. The van der Waals surface area contributed by atoms with Gasteiger partial charge in [-0.15, -0.1) is 0 Å². The third-order valence-electron chi connectivity index (χ3n) is 3.53. The quantitative estimate of drug-likeness (QED) is 0.797. The molecule has 1 amide bonds. The Bertz CT molecular complexity index is 624. The van der Waals surface area contributed by atoms with E-state index in [0.29, 0.717) is 11.3 Å². The summed E-state index contributed by atoms with van der Waals surface area (Å²) in [5.41, 5.74) is 1.12. The number of carbonyl (C=O) groups is 1. The molecule has 2 aromatic carbocycles. The Morgan fingerprint density at radius 1 is 1.00 bits per heavy atom. The molecule has 0 heterocycles. The van der Waals surface area contributed by atoms with Crippen LogP contribution in [0.4, 0.5) is 10.1 Å². The first-order chi connectivity index (χ1) is 10.5. The molecule has 0 aliphatic carbocycles. The van der Waals surface area contributed by atoms with E-state index in [2.05, 4.69) is 0 Å². The minimum Gasteiger partial charge on any atom is -0.342 e. The van der Waals surface area contributed by atoms with Gasteiger partial charge in [-0.1, -0.05) is 30.3 Å². The SMILES string of the molecule is COC(OC)(C(=O)N(C)c1ccccc1)c1ccc(F)cc1. The molecular formula is C17H18FNO3. The zero-order valence-corrected chi connectivity index (χ0v) is 12.7. The highest BCUT2D eigenvalue weighted by Crippen LogP contribution is 2.30. The number of anilines is 1. The van der Waals surface area contributed by atoms with Crippen LogP contribution in [0.2, 0.25) is 0 Å².